The lowest BCUT2D eigenvalue weighted by Gasteiger charge is -2.12. The Kier molecular flexibility index (Phi) is 3.81. The molecule has 2 heteroatoms. The van der Waals surface area contributed by atoms with Crippen LogP contribution in [0.15, 0.2) is 22.7 Å². The third-order valence-electron chi connectivity index (χ3n) is 3.09. The van der Waals surface area contributed by atoms with Crippen LogP contribution < -0.4 is 0 Å². The van der Waals surface area contributed by atoms with E-state index in [1.807, 2.05) is 0 Å². The number of benzene rings is 1. The van der Waals surface area contributed by atoms with Crippen molar-refractivity contribution in [2.75, 3.05) is 0 Å². The second-order valence-electron chi connectivity index (χ2n) is 4.29. The summed E-state index contributed by atoms with van der Waals surface area (Å²) in [7, 11) is 0. The van der Waals surface area contributed by atoms with Gasteiger partial charge in [-0.2, -0.15) is 0 Å². The lowest BCUT2D eigenvalue weighted by molar-refractivity contribution is 0.0454. The van der Waals surface area contributed by atoms with E-state index in [-0.39, 0.29) is 0 Å². The quantitative estimate of drug-likeness (QED) is 0.798. The molecule has 1 aromatic carbocycles. The van der Waals surface area contributed by atoms with Crippen LogP contribution in [0, 0.1) is 6.92 Å². The van der Waals surface area contributed by atoms with E-state index in [1.54, 1.807) is 0 Å². The first kappa shape index (κ1) is 11.2. The van der Waals surface area contributed by atoms with Gasteiger partial charge in [-0.25, -0.2) is 0 Å². The fourth-order valence-electron chi connectivity index (χ4n) is 2.06. The van der Waals surface area contributed by atoms with Crippen LogP contribution in [0.3, 0.4) is 0 Å². The van der Waals surface area contributed by atoms with Crippen LogP contribution >= 0.6 is 15.9 Å². The van der Waals surface area contributed by atoms with E-state index >= 15 is 0 Å². The number of hydrogen-bond acceptors (Lipinski definition) is 1. The van der Waals surface area contributed by atoms with Gasteiger partial charge in [0.05, 0.1) is 12.7 Å². The maximum absolute atomic E-state index is 5.90. The van der Waals surface area contributed by atoms with E-state index in [2.05, 4.69) is 41.1 Å². The summed E-state index contributed by atoms with van der Waals surface area (Å²) in [5, 5.41) is 0. The molecule has 0 radical (unpaired) electrons. The van der Waals surface area contributed by atoms with Gasteiger partial charge in [0.1, 0.15) is 0 Å². The third kappa shape index (κ3) is 3.05. The van der Waals surface area contributed by atoms with Crippen LogP contribution in [0.5, 0.6) is 0 Å². The Hall–Kier alpha value is -0.340. The molecule has 0 aromatic heterocycles. The standard InChI is InChI=1S/C13H17BrO/c1-10-6-7-12(14)8-11(10)9-15-13-4-2-3-5-13/h6-8,13H,2-5,9H2,1H3. The van der Waals surface area contributed by atoms with E-state index in [9.17, 15) is 0 Å². The van der Waals surface area contributed by atoms with Gasteiger partial charge in [-0.1, -0.05) is 34.8 Å². The molecule has 1 aromatic rings. The minimum absolute atomic E-state index is 0.503. The van der Waals surface area contributed by atoms with E-state index in [1.165, 1.54) is 36.8 Å². The Bertz CT molecular complexity index is 329. The summed E-state index contributed by atoms with van der Waals surface area (Å²) in [5.74, 6) is 0. The van der Waals surface area contributed by atoms with Gasteiger partial charge in [0.2, 0.25) is 0 Å². The molecule has 0 spiro atoms. The average Bonchev–Trinajstić information content (AvgIpc) is 2.72. The van der Waals surface area contributed by atoms with Crippen LogP contribution in [-0.2, 0) is 11.3 Å². The summed E-state index contributed by atoms with van der Waals surface area (Å²) >= 11 is 3.49. The van der Waals surface area contributed by atoms with Gasteiger partial charge in [-0.3, -0.25) is 0 Å². The molecule has 1 aliphatic rings. The molecule has 2 rings (SSSR count). The highest BCUT2D eigenvalue weighted by atomic mass is 79.9. The molecule has 1 nitrogen and oxygen atoms in total. The Labute approximate surface area is 100.0 Å². The van der Waals surface area contributed by atoms with Gasteiger partial charge in [0.15, 0.2) is 0 Å². The Morgan fingerprint density at radius 2 is 2.07 bits per heavy atom. The number of rotatable bonds is 3. The molecule has 1 aliphatic carbocycles. The fraction of sp³-hybridized carbons (Fsp3) is 0.538. The Morgan fingerprint density at radius 1 is 1.33 bits per heavy atom. The third-order valence-corrected chi connectivity index (χ3v) is 3.58. The summed E-state index contributed by atoms with van der Waals surface area (Å²) in [5.41, 5.74) is 2.62. The van der Waals surface area contributed by atoms with Crippen LogP contribution in [0.1, 0.15) is 36.8 Å². The molecule has 0 unspecified atom stereocenters. The molecule has 0 aliphatic heterocycles. The zero-order valence-corrected chi connectivity index (χ0v) is 10.7. The topological polar surface area (TPSA) is 9.23 Å². The predicted octanol–water partition coefficient (Wildman–Crippen LogP) is 4.22. The molecule has 0 saturated heterocycles. The lowest BCUT2D eigenvalue weighted by atomic mass is 10.1. The van der Waals surface area contributed by atoms with Crippen LogP contribution in [0.25, 0.3) is 0 Å². The van der Waals surface area contributed by atoms with Gasteiger partial charge in [-0.15, -0.1) is 0 Å². The van der Waals surface area contributed by atoms with E-state index < -0.39 is 0 Å². The van der Waals surface area contributed by atoms with E-state index in [0.29, 0.717) is 6.10 Å². The molecular weight excluding hydrogens is 252 g/mol. The first-order valence-electron chi connectivity index (χ1n) is 5.62. The van der Waals surface area contributed by atoms with Gasteiger partial charge >= 0.3 is 0 Å². The minimum atomic E-state index is 0.503. The molecule has 0 atom stereocenters. The molecule has 1 fully saturated rings. The summed E-state index contributed by atoms with van der Waals surface area (Å²) in [4.78, 5) is 0. The summed E-state index contributed by atoms with van der Waals surface area (Å²) in [6, 6.07) is 6.37. The largest absolute Gasteiger partial charge is 0.374 e. The Morgan fingerprint density at radius 3 is 2.80 bits per heavy atom. The van der Waals surface area contributed by atoms with E-state index in [0.717, 1.165) is 11.1 Å². The molecule has 0 bridgehead atoms. The maximum Gasteiger partial charge on any atom is 0.0723 e. The minimum Gasteiger partial charge on any atom is -0.374 e. The Balaban J connectivity index is 1.94. The van der Waals surface area contributed by atoms with Crippen molar-refractivity contribution >= 4 is 15.9 Å². The van der Waals surface area contributed by atoms with Crippen molar-refractivity contribution < 1.29 is 4.74 Å². The SMILES string of the molecule is Cc1ccc(Br)cc1COC1CCCC1. The van der Waals surface area contributed by atoms with Crippen molar-refractivity contribution in [3.05, 3.63) is 33.8 Å². The van der Waals surface area contributed by atoms with Crippen LogP contribution in [0.2, 0.25) is 0 Å². The van der Waals surface area contributed by atoms with Crippen molar-refractivity contribution in [2.24, 2.45) is 0 Å². The van der Waals surface area contributed by atoms with Crippen molar-refractivity contribution in [3.63, 3.8) is 0 Å². The number of ether oxygens (including phenoxy) is 1. The number of hydrogen-bond donors (Lipinski definition) is 0. The monoisotopic (exact) mass is 268 g/mol. The van der Waals surface area contributed by atoms with Gasteiger partial charge in [0.25, 0.3) is 0 Å². The first-order chi connectivity index (χ1) is 7.25. The maximum atomic E-state index is 5.90. The molecule has 0 N–H and O–H groups in total. The zero-order chi connectivity index (χ0) is 10.7. The van der Waals surface area contributed by atoms with Crippen LogP contribution in [0.4, 0.5) is 0 Å². The normalized spacial score (nSPS) is 17.2. The highest BCUT2D eigenvalue weighted by Gasteiger charge is 2.15. The van der Waals surface area contributed by atoms with Crippen LogP contribution in [-0.4, -0.2) is 6.10 Å². The molecule has 15 heavy (non-hydrogen) atoms. The average molecular weight is 269 g/mol. The van der Waals surface area contributed by atoms with Crippen molar-refractivity contribution in [1.82, 2.24) is 0 Å². The van der Waals surface area contributed by atoms with Gasteiger partial charge in [0, 0.05) is 4.47 Å². The molecule has 1 saturated carbocycles. The highest BCUT2D eigenvalue weighted by molar-refractivity contribution is 9.10. The number of halogens is 1. The molecule has 82 valence electrons. The second-order valence-corrected chi connectivity index (χ2v) is 5.20. The molecule has 0 amide bonds. The van der Waals surface area contributed by atoms with Gasteiger partial charge in [-0.05, 0) is 43.0 Å². The van der Waals surface area contributed by atoms with E-state index in [4.69, 9.17) is 4.74 Å². The zero-order valence-electron chi connectivity index (χ0n) is 9.13. The molecular formula is C13H17BrO. The lowest BCUT2D eigenvalue weighted by Crippen LogP contribution is -2.07. The summed E-state index contributed by atoms with van der Waals surface area (Å²) in [6.07, 6.45) is 5.66. The summed E-state index contributed by atoms with van der Waals surface area (Å²) in [6.45, 7) is 2.90. The van der Waals surface area contributed by atoms with Crippen molar-refractivity contribution in [1.29, 1.82) is 0 Å². The second kappa shape index (κ2) is 5.13. The number of aryl methyl sites for hydroxylation is 1. The highest BCUT2D eigenvalue weighted by Crippen LogP contribution is 2.23. The van der Waals surface area contributed by atoms with Crippen molar-refractivity contribution in [2.45, 2.75) is 45.3 Å². The van der Waals surface area contributed by atoms with Gasteiger partial charge < -0.3 is 4.74 Å². The fourth-order valence-corrected chi connectivity index (χ4v) is 2.47. The summed E-state index contributed by atoms with van der Waals surface area (Å²) < 4.78 is 7.04. The van der Waals surface area contributed by atoms with Crippen molar-refractivity contribution in [3.8, 4) is 0 Å². The molecule has 0 heterocycles. The predicted molar refractivity (Wildman–Crippen MR) is 65.9 cm³/mol. The smallest absolute Gasteiger partial charge is 0.0723 e. The first-order valence-corrected chi connectivity index (χ1v) is 6.41.